The number of hydrogen-bond donors (Lipinski definition) is 0. The Hall–Kier alpha value is -1.24. The lowest BCUT2D eigenvalue weighted by Gasteiger charge is -2.25. The Balaban J connectivity index is 2.04. The van der Waals surface area contributed by atoms with Crippen LogP contribution in [0.15, 0.2) is 23.2 Å². The van der Waals surface area contributed by atoms with Gasteiger partial charge in [-0.15, -0.1) is 11.3 Å². The van der Waals surface area contributed by atoms with Gasteiger partial charge in [-0.25, -0.2) is 0 Å². The lowest BCUT2D eigenvalue weighted by atomic mass is 10.3. The fourth-order valence-corrected chi connectivity index (χ4v) is 2.36. The van der Waals surface area contributed by atoms with Crippen LogP contribution < -0.4 is 0 Å². The first-order valence-electron chi connectivity index (χ1n) is 5.44. The summed E-state index contributed by atoms with van der Waals surface area (Å²) in [6.45, 7) is 3.22. The SMILES string of the molecule is O=[N+]([O-])/C(=C\c1cccs1)CN1CCOCC1. The Kier molecular flexibility index (Phi) is 4.24. The molecule has 0 atom stereocenters. The molecule has 5 nitrogen and oxygen atoms in total. The van der Waals surface area contributed by atoms with Crippen LogP contribution in [0.3, 0.4) is 0 Å². The van der Waals surface area contributed by atoms with Crippen molar-refractivity contribution < 1.29 is 9.66 Å². The van der Waals surface area contributed by atoms with Gasteiger partial charge in [0.15, 0.2) is 0 Å². The van der Waals surface area contributed by atoms with Gasteiger partial charge >= 0.3 is 0 Å². The molecule has 1 aliphatic heterocycles. The van der Waals surface area contributed by atoms with Crippen molar-refractivity contribution >= 4 is 17.4 Å². The normalized spacial score (nSPS) is 18.2. The number of ether oxygens (including phenoxy) is 1. The molecule has 2 heterocycles. The third kappa shape index (κ3) is 3.62. The molecule has 1 fully saturated rings. The van der Waals surface area contributed by atoms with Gasteiger partial charge in [0.05, 0.1) is 24.7 Å². The van der Waals surface area contributed by atoms with Crippen molar-refractivity contribution in [1.29, 1.82) is 0 Å². The summed E-state index contributed by atoms with van der Waals surface area (Å²) in [4.78, 5) is 13.7. The Morgan fingerprint density at radius 1 is 1.59 bits per heavy atom. The van der Waals surface area contributed by atoms with Gasteiger partial charge in [0.25, 0.3) is 5.70 Å². The van der Waals surface area contributed by atoms with E-state index in [0.29, 0.717) is 19.8 Å². The second-order valence-electron chi connectivity index (χ2n) is 3.80. The predicted molar refractivity (Wildman–Crippen MR) is 66.5 cm³/mol. The maximum atomic E-state index is 11.0. The number of nitrogens with zero attached hydrogens (tertiary/aromatic N) is 2. The minimum Gasteiger partial charge on any atom is -0.379 e. The smallest absolute Gasteiger partial charge is 0.261 e. The molecule has 0 radical (unpaired) electrons. The summed E-state index contributed by atoms with van der Waals surface area (Å²) in [6, 6.07) is 3.77. The van der Waals surface area contributed by atoms with E-state index in [4.69, 9.17) is 4.74 Å². The van der Waals surface area contributed by atoms with Gasteiger partial charge in [0, 0.05) is 24.0 Å². The monoisotopic (exact) mass is 254 g/mol. The molecule has 0 spiro atoms. The lowest BCUT2D eigenvalue weighted by molar-refractivity contribution is -0.426. The van der Waals surface area contributed by atoms with Gasteiger partial charge in [0.2, 0.25) is 0 Å². The summed E-state index contributed by atoms with van der Waals surface area (Å²) in [5.74, 6) is 0. The molecule has 6 heteroatoms. The quantitative estimate of drug-likeness (QED) is 0.606. The van der Waals surface area contributed by atoms with Crippen molar-refractivity contribution in [3.63, 3.8) is 0 Å². The molecule has 0 amide bonds. The first-order valence-corrected chi connectivity index (χ1v) is 6.32. The molecule has 92 valence electrons. The highest BCUT2D eigenvalue weighted by Crippen LogP contribution is 2.15. The molecule has 2 rings (SSSR count). The summed E-state index contributed by atoms with van der Waals surface area (Å²) in [5, 5.41) is 12.9. The van der Waals surface area contributed by atoms with Crippen LogP contribution in [-0.2, 0) is 4.74 Å². The lowest BCUT2D eigenvalue weighted by Crippen LogP contribution is -2.38. The molecular weight excluding hydrogens is 240 g/mol. The summed E-state index contributed by atoms with van der Waals surface area (Å²) >= 11 is 1.51. The molecule has 1 aromatic heterocycles. The average molecular weight is 254 g/mol. The van der Waals surface area contributed by atoms with Crippen molar-refractivity contribution in [3.8, 4) is 0 Å². The van der Waals surface area contributed by atoms with Crippen molar-refractivity contribution in [2.75, 3.05) is 32.8 Å². The van der Waals surface area contributed by atoms with Gasteiger partial charge < -0.3 is 4.74 Å². The molecular formula is C11H14N2O3S. The molecule has 0 saturated carbocycles. The zero-order valence-corrected chi connectivity index (χ0v) is 10.2. The molecule has 0 unspecified atom stereocenters. The third-order valence-electron chi connectivity index (χ3n) is 2.58. The molecule has 1 aliphatic rings. The van der Waals surface area contributed by atoms with Gasteiger partial charge in [-0.3, -0.25) is 15.0 Å². The number of morpholine rings is 1. The van der Waals surface area contributed by atoms with E-state index in [-0.39, 0.29) is 10.6 Å². The van der Waals surface area contributed by atoms with Crippen LogP contribution >= 0.6 is 11.3 Å². The highest BCUT2D eigenvalue weighted by Gasteiger charge is 2.18. The Labute approximate surface area is 103 Å². The maximum Gasteiger partial charge on any atom is 0.261 e. The largest absolute Gasteiger partial charge is 0.379 e. The molecule has 17 heavy (non-hydrogen) atoms. The van der Waals surface area contributed by atoms with Gasteiger partial charge in [-0.1, -0.05) is 6.07 Å². The van der Waals surface area contributed by atoms with Crippen LogP contribution in [0, 0.1) is 10.1 Å². The van der Waals surface area contributed by atoms with E-state index in [1.807, 2.05) is 22.4 Å². The molecule has 0 aromatic carbocycles. The highest BCUT2D eigenvalue weighted by molar-refractivity contribution is 7.10. The zero-order chi connectivity index (χ0) is 12.1. The average Bonchev–Trinajstić information content (AvgIpc) is 2.82. The minimum atomic E-state index is -0.296. The van der Waals surface area contributed by atoms with Gasteiger partial charge in [-0.2, -0.15) is 0 Å². The van der Waals surface area contributed by atoms with Crippen LogP contribution in [0.2, 0.25) is 0 Å². The minimum absolute atomic E-state index is 0.245. The number of thiophene rings is 1. The van der Waals surface area contributed by atoms with E-state index in [1.165, 1.54) is 11.3 Å². The van der Waals surface area contributed by atoms with Crippen molar-refractivity contribution in [1.82, 2.24) is 4.90 Å². The van der Waals surface area contributed by atoms with E-state index in [0.717, 1.165) is 18.0 Å². The Morgan fingerprint density at radius 2 is 2.35 bits per heavy atom. The summed E-state index contributed by atoms with van der Waals surface area (Å²) in [7, 11) is 0. The highest BCUT2D eigenvalue weighted by atomic mass is 32.1. The number of rotatable bonds is 4. The van der Waals surface area contributed by atoms with Crippen LogP contribution in [0.4, 0.5) is 0 Å². The first kappa shape index (κ1) is 12.2. The number of nitro groups is 1. The van der Waals surface area contributed by atoms with Crippen LogP contribution in [0.25, 0.3) is 6.08 Å². The standard InChI is InChI=1S/C11H14N2O3S/c14-13(15)10(8-11-2-1-7-17-11)9-12-3-5-16-6-4-12/h1-2,7-8H,3-6,9H2/b10-8-. The summed E-state index contributed by atoms with van der Waals surface area (Å²) < 4.78 is 5.22. The van der Waals surface area contributed by atoms with E-state index >= 15 is 0 Å². The van der Waals surface area contributed by atoms with Crippen molar-refractivity contribution in [2.45, 2.75) is 0 Å². The van der Waals surface area contributed by atoms with Crippen LogP contribution in [0.1, 0.15) is 4.88 Å². The Morgan fingerprint density at radius 3 is 2.94 bits per heavy atom. The second kappa shape index (κ2) is 5.90. The topological polar surface area (TPSA) is 55.6 Å². The van der Waals surface area contributed by atoms with Crippen molar-refractivity contribution in [3.05, 3.63) is 38.2 Å². The zero-order valence-electron chi connectivity index (χ0n) is 9.37. The molecule has 1 aromatic rings. The van der Waals surface area contributed by atoms with Gasteiger partial charge in [0.1, 0.15) is 0 Å². The van der Waals surface area contributed by atoms with Gasteiger partial charge in [-0.05, 0) is 11.4 Å². The second-order valence-corrected chi connectivity index (χ2v) is 4.78. The van der Waals surface area contributed by atoms with Crippen LogP contribution in [0.5, 0.6) is 0 Å². The third-order valence-corrected chi connectivity index (χ3v) is 3.40. The molecule has 0 bridgehead atoms. The molecule has 0 N–H and O–H groups in total. The van der Waals surface area contributed by atoms with E-state index < -0.39 is 0 Å². The first-order chi connectivity index (χ1) is 8.25. The summed E-state index contributed by atoms with van der Waals surface area (Å²) in [5.41, 5.74) is 0.245. The molecule has 0 aliphatic carbocycles. The Bertz CT molecular complexity index is 397. The maximum absolute atomic E-state index is 11.0. The van der Waals surface area contributed by atoms with E-state index in [2.05, 4.69) is 0 Å². The van der Waals surface area contributed by atoms with Crippen LogP contribution in [-0.4, -0.2) is 42.7 Å². The van der Waals surface area contributed by atoms with E-state index in [9.17, 15) is 10.1 Å². The fourth-order valence-electron chi connectivity index (χ4n) is 1.68. The summed E-state index contributed by atoms with van der Waals surface area (Å²) in [6.07, 6.45) is 1.65. The van der Waals surface area contributed by atoms with E-state index in [1.54, 1.807) is 6.08 Å². The molecule has 1 saturated heterocycles. The number of hydrogen-bond acceptors (Lipinski definition) is 5. The fraction of sp³-hybridized carbons (Fsp3) is 0.455. The predicted octanol–water partition coefficient (Wildman–Crippen LogP) is 1.70. The van der Waals surface area contributed by atoms with Crippen molar-refractivity contribution in [2.24, 2.45) is 0 Å².